The fourth-order valence-electron chi connectivity index (χ4n) is 5.64. The van der Waals surface area contributed by atoms with Crippen LogP contribution in [0.25, 0.3) is 0 Å². The summed E-state index contributed by atoms with van der Waals surface area (Å²) in [5.41, 5.74) is 0.637. The number of hydrogen-bond donors (Lipinski definition) is 3. The molecule has 0 radical (unpaired) electrons. The summed E-state index contributed by atoms with van der Waals surface area (Å²) >= 11 is 1.67. The van der Waals surface area contributed by atoms with Crippen molar-refractivity contribution >= 4 is 35.2 Å². The Bertz CT molecular complexity index is 895. The van der Waals surface area contributed by atoms with E-state index in [0.29, 0.717) is 37.4 Å². The second-order valence-electron chi connectivity index (χ2n) is 9.03. The minimum absolute atomic E-state index is 0.0399. The third kappa shape index (κ3) is 4.21. The number of benzene rings is 1. The van der Waals surface area contributed by atoms with E-state index in [1.165, 1.54) is 0 Å². The van der Waals surface area contributed by atoms with E-state index in [0.717, 1.165) is 19.3 Å². The van der Waals surface area contributed by atoms with Gasteiger partial charge in [-0.25, -0.2) is 0 Å². The van der Waals surface area contributed by atoms with Crippen LogP contribution in [0, 0.1) is 11.8 Å². The Labute approximate surface area is 198 Å². The van der Waals surface area contributed by atoms with Gasteiger partial charge in [-0.3, -0.25) is 14.4 Å². The zero-order valence-electron chi connectivity index (χ0n) is 19.2. The van der Waals surface area contributed by atoms with Crippen LogP contribution in [0.4, 0.5) is 5.69 Å². The monoisotopic (exact) mass is 475 g/mol. The van der Waals surface area contributed by atoms with Crippen molar-refractivity contribution in [2.24, 2.45) is 11.8 Å². The molecule has 5 atom stereocenters. The number of carbonyl (C=O) groups excluding carboxylic acids is 3. The third-order valence-corrected chi connectivity index (χ3v) is 9.02. The number of nitrogens with zero attached hydrogens (tertiary/aromatic N) is 1. The van der Waals surface area contributed by atoms with Gasteiger partial charge in [-0.05, 0) is 56.4 Å². The molecule has 3 N–H and O–H groups in total. The smallest absolute Gasteiger partial charge is 0.248 e. The molecule has 0 saturated carbocycles. The van der Waals surface area contributed by atoms with Crippen LogP contribution in [0.15, 0.2) is 24.3 Å². The second-order valence-corrected chi connectivity index (χ2v) is 10.6. The number of aliphatic hydroxyl groups is 1. The molecule has 8 nitrogen and oxygen atoms in total. The molecule has 180 valence electrons. The number of methoxy groups -OCH3 is 1. The molecule has 1 spiro atoms. The number of hydrogen-bond acceptors (Lipinski definition) is 6. The van der Waals surface area contributed by atoms with Gasteiger partial charge in [0.25, 0.3) is 0 Å². The highest BCUT2D eigenvalue weighted by molar-refractivity contribution is 8.02. The molecular weight excluding hydrogens is 442 g/mol. The molecule has 33 heavy (non-hydrogen) atoms. The van der Waals surface area contributed by atoms with Crippen LogP contribution >= 0.6 is 11.8 Å². The normalized spacial score (nSPS) is 29.8. The van der Waals surface area contributed by atoms with Gasteiger partial charge < -0.3 is 25.4 Å². The maximum absolute atomic E-state index is 13.7. The minimum atomic E-state index is -0.644. The lowest BCUT2D eigenvalue weighted by Gasteiger charge is -2.34. The number of unbranched alkanes of at least 4 members (excludes halogenated alkanes) is 1. The van der Waals surface area contributed by atoms with Gasteiger partial charge in [-0.2, -0.15) is 0 Å². The number of likely N-dealkylation sites (tertiary alicyclic amines) is 1. The molecule has 3 saturated heterocycles. The molecule has 2 unspecified atom stereocenters. The first-order valence-electron chi connectivity index (χ1n) is 11.8. The van der Waals surface area contributed by atoms with Crippen molar-refractivity contribution in [1.29, 1.82) is 0 Å². The molecule has 3 aliphatic heterocycles. The fraction of sp³-hybridized carbons (Fsp3) is 0.625. The van der Waals surface area contributed by atoms with Gasteiger partial charge in [0.1, 0.15) is 11.8 Å². The standard InChI is InChI=1S/C24H33N3O5S/c1-3-12-25-21(29)18-17-10-11-24(33-17)19(18)23(31)27(13-4-5-14-28)20(24)22(30)26-15-6-8-16(32-2)9-7-15/h6-9,17-20,28H,3-5,10-14H2,1-2H3,(H,25,29)(H,26,30)/t17-,18+,19-,20?,24?/m0/s1. The van der Waals surface area contributed by atoms with E-state index < -0.39 is 22.6 Å². The second kappa shape index (κ2) is 9.93. The summed E-state index contributed by atoms with van der Waals surface area (Å²) in [5.74, 6) is -0.585. The lowest BCUT2D eigenvalue weighted by Crippen LogP contribution is -2.51. The van der Waals surface area contributed by atoms with Crippen LogP contribution in [-0.4, -0.2) is 70.6 Å². The van der Waals surface area contributed by atoms with Crippen LogP contribution in [0.3, 0.4) is 0 Å². The first-order chi connectivity index (χ1) is 16.0. The average molecular weight is 476 g/mol. The molecule has 0 aliphatic carbocycles. The Morgan fingerprint density at radius 2 is 2.00 bits per heavy atom. The largest absolute Gasteiger partial charge is 0.497 e. The number of rotatable bonds is 10. The maximum Gasteiger partial charge on any atom is 0.248 e. The Morgan fingerprint density at radius 1 is 1.24 bits per heavy atom. The zero-order chi connectivity index (χ0) is 23.6. The quantitative estimate of drug-likeness (QED) is 0.447. The van der Waals surface area contributed by atoms with Gasteiger partial charge in [0.15, 0.2) is 0 Å². The van der Waals surface area contributed by atoms with Crippen molar-refractivity contribution in [3.63, 3.8) is 0 Å². The average Bonchev–Trinajstić information content (AvgIpc) is 3.45. The first kappa shape index (κ1) is 23.9. The Balaban J connectivity index is 1.62. The summed E-state index contributed by atoms with van der Waals surface area (Å²) < 4.78 is 4.60. The summed E-state index contributed by atoms with van der Waals surface area (Å²) in [5, 5.41) is 15.3. The summed E-state index contributed by atoms with van der Waals surface area (Å²) in [7, 11) is 1.59. The number of amides is 3. The third-order valence-electron chi connectivity index (χ3n) is 7.07. The van der Waals surface area contributed by atoms with Crippen molar-refractivity contribution in [2.45, 2.75) is 55.1 Å². The molecular formula is C24H33N3O5S. The van der Waals surface area contributed by atoms with Gasteiger partial charge in [0.05, 0.1) is 23.7 Å². The number of aliphatic hydroxyl groups excluding tert-OH is 1. The van der Waals surface area contributed by atoms with E-state index in [9.17, 15) is 19.5 Å². The zero-order valence-corrected chi connectivity index (χ0v) is 20.0. The molecule has 3 fully saturated rings. The lowest BCUT2D eigenvalue weighted by molar-refractivity contribution is -0.139. The summed E-state index contributed by atoms with van der Waals surface area (Å²) in [6.45, 7) is 3.02. The molecule has 3 heterocycles. The van der Waals surface area contributed by atoms with Crippen LogP contribution in [-0.2, 0) is 14.4 Å². The highest BCUT2D eigenvalue weighted by Crippen LogP contribution is 2.66. The van der Waals surface area contributed by atoms with Crippen LogP contribution < -0.4 is 15.4 Å². The number of carbonyl (C=O) groups is 3. The molecule has 4 rings (SSSR count). The minimum Gasteiger partial charge on any atom is -0.497 e. The number of anilines is 1. The van der Waals surface area contributed by atoms with Crippen molar-refractivity contribution in [2.75, 3.05) is 32.1 Å². The van der Waals surface area contributed by atoms with Gasteiger partial charge in [-0.1, -0.05) is 6.92 Å². The Hall–Kier alpha value is -2.26. The predicted octanol–water partition coefficient (Wildman–Crippen LogP) is 2.02. The van der Waals surface area contributed by atoms with Gasteiger partial charge in [0, 0.05) is 30.6 Å². The number of nitrogens with one attached hydrogen (secondary N) is 2. The highest BCUT2D eigenvalue weighted by Gasteiger charge is 2.73. The Morgan fingerprint density at radius 3 is 2.67 bits per heavy atom. The van der Waals surface area contributed by atoms with Crippen LogP contribution in [0.5, 0.6) is 5.75 Å². The van der Waals surface area contributed by atoms with Crippen LogP contribution in [0.1, 0.15) is 39.0 Å². The van der Waals surface area contributed by atoms with Gasteiger partial charge in [-0.15, -0.1) is 11.8 Å². The lowest BCUT2D eigenvalue weighted by atomic mass is 9.70. The molecule has 0 aromatic heterocycles. The van der Waals surface area contributed by atoms with Gasteiger partial charge >= 0.3 is 0 Å². The van der Waals surface area contributed by atoms with E-state index in [1.54, 1.807) is 48.0 Å². The molecule has 1 aromatic carbocycles. The Kier molecular flexibility index (Phi) is 7.19. The summed E-state index contributed by atoms with van der Waals surface area (Å²) in [6, 6.07) is 6.46. The van der Waals surface area contributed by atoms with E-state index in [-0.39, 0.29) is 29.6 Å². The fourth-order valence-corrected chi connectivity index (χ4v) is 7.86. The number of fused-ring (bicyclic) bond motifs is 1. The molecule has 1 aromatic rings. The molecule has 3 amide bonds. The van der Waals surface area contributed by atoms with Crippen LogP contribution in [0.2, 0.25) is 0 Å². The van der Waals surface area contributed by atoms with Crippen molar-refractivity contribution < 1.29 is 24.2 Å². The van der Waals surface area contributed by atoms with Crippen molar-refractivity contribution in [1.82, 2.24) is 10.2 Å². The molecule has 2 bridgehead atoms. The van der Waals surface area contributed by atoms with Crippen molar-refractivity contribution in [3.8, 4) is 5.75 Å². The van der Waals surface area contributed by atoms with E-state index in [1.807, 2.05) is 6.92 Å². The topological polar surface area (TPSA) is 108 Å². The summed E-state index contributed by atoms with van der Waals surface area (Å²) in [4.78, 5) is 42.0. The van der Waals surface area contributed by atoms with Gasteiger partial charge in [0.2, 0.25) is 17.7 Å². The number of ether oxygens (including phenoxy) is 1. The summed E-state index contributed by atoms with van der Waals surface area (Å²) in [6.07, 6.45) is 3.58. The predicted molar refractivity (Wildman–Crippen MR) is 127 cm³/mol. The van der Waals surface area contributed by atoms with E-state index in [2.05, 4.69) is 10.6 Å². The number of thioether (sulfide) groups is 1. The maximum atomic E-state index is 13.7. The van der Waals surface area contributed by atoms with E-state index >= 15 is 0 Å². The van der Waals surface area contributed by atoms with Crippen molar-refractivity contribution in [3.05, 3.63) is 24.3 Å². The molecule has 9 heteroatoms. The van der Waals surface area contributed by atoms with E-state index in [4.69, 9.17) is 4.74 Å². The molecule has 3 aliphatic rings. The highest BCUT2D eigenvalue weighted by atomic mass is 32.2. The first-order valence-corrected chi connectivity index (χ1v) is 12.7. The SMILES string of the molecule is CCCNC(=O)[C@@H]1[C@@H]2CCC3(S2)C(C(=O)Nc2ccc(OC)cc2)N(CCCCO)C(=O)[C@H]13.